The van der Waals surface area contributed by atoms with Crippen LogP contribution in [-0.2, 0) is 20.8 Å². The lowest BCUT2D eigenvalue weighted by Gasteiger charge is -2.45. The monoisotopic (exact) mass is 760 g/mol. The molecule has 1 aromatic carbocycles. The highest BCUT2D eigenvalue weighted by atomic mass is 16.7. The number of aromatic nitrogens is 2. The topological polar surface area (TPSA) is 195 Å². The van der Waals surface area contributed by atoms with Crippen molar-refractivity contribution in [2.45, 2.75) is 120 Å². The second kappa shape index (κ2) is 12.5. The van der Waals surface area contributed by atoms with E-state index in [1.54, 1.807) is 13.0 Å². The molecule has 4 aromatic rings. The number of nitrogens with two attached hydrogens (primary N) is 2. The second-order valence-corrected chi connectivity index (χ2v) is 16.9. The Morgan fingerprint density at radius 3 is 2.79 bits per heavy atom. The van der Waals surface area contributed by atoms with Crippen molar-refractivity contribution in [1.82, 2.24) is 20.2 Å². The van der Waals surface area contributed by atoms with Gasteiger partial charge < -0.3 is 55.4 Å². The summed E-state index contributed by atoms with van der Waals surface area (Å²) in [7, 11) is 0. The molecule has 5 aliphatic heterocycles. The number of hydrogen-bond donors (Lipinski definition) is 6. The van der Waals surface area contributed by atoms with E-state index in [1.165, 1.54) is 28.2 Å². The Balaban J connectivity index is 0.880. The molecule has 2 unspecified atom stereocenters. The molecule has 1 aliphatic carbocycles. The highest BCUT2D eigenvalue weighted by Crippen LogP contribution is 2.55. The minimum Gasteiger partial charge on any atom is -0.507 e. The van der Waals surface area contributed by atoms with Crippen molar-refractivity contribution in [3.8, 4) is 11.5 Å². The van der Waals surface area contributed by atoms with Crippen LogP contribution in [0.4, 0.5) is 0 Å². The van der Waals surface area contributed by atoms with Crippen molar-refractivity contribution >= 4 is 27.8 Å². The van der Waals surface area contributed by atoms with Gasteiger partial charge in [0.05, 0.1) is 29.5 Å². The average molecular weight is 761 g/mol. The smallest absolute Gasteiger partial charge is 0.341 e. The molecule has 6 aliphatic rings. The van der Waals surface area contributed by atoms with Crippen LogP contribution in [0.1, 0.15) is 82.5 Å². The van der Waals surface area contributed by atoms with Crippen LogP contribution in [0, 0.1) is 6.92 Å². The Morgan fingerprint density at radius 2 is 1.95 bits per heavy atom. The van der Waals surface area contributed by atoms with Gasteiger partial charge in [0.15, 0.2) is 11.0 Å². The number of hydrogen-bond acceptors (Lipinski definition) is 11. The molecule has 0 amide bonds. The first kappa shape index (κ1) is 34.9. The number of benzene rings is 1. The zero-order valence-corrected chi connectivity index (χ0v) is 31.9. The van der Waals surface area contributed by atoms with Gasteiger partial charge >= 0.3 is 5.97 Å². The molecule has 8 heterocycles. The van der Waals surface area contributed by atoms with E-state index in [0.29, 0.717) is 55.0 Å². The standard InChI is InChI=1S/C43H48N6O7/c1-21-14-30(50)36-31(53-21)17-32-35(38(36)51)27-8-5-12-43(41(52)54-39(27)42(2,3)55-32)33(56-43)10-9-22-15-34(44)48-37-25(22)6-4-7-26-28(37)16-24(47-40(26)45)19-49-18-23-11-13-46-29(23)20-49/h11,13-18,20,24,27,33,37,39,46-48,51H,4-10,12,19,44-45H2,1-3H3/t24?,27-,33+,37?,39+,43-/m0/s1. The molecule has 13 nitrogen and oxygen atoms in total. The number of nitrogens with one attached hydrogen (secondary N) is 3. The molecule has 1 saturated carbocycles. The molecule has 6 atom stereocenters. The number of carbonyl (C=O) groups is 1. The third-order valence-corrected chi connectivity index (χ3v) is 12.8. The van der Waals surface area contributed by atoms with Gasteiger partial charge in [-0.3, -0.25) is 4.79 Å². The Kier molecular flexibility index (Phi) is 7.77. The lowest BCUT2D eigenvalue weighted by atomic mass is 9.76. The lowest BCUT2D eigenvalue weighted by molar-refractivity contribution is -0.173. The Morgan fingerprint density at radius 1 is 1.09 bits per heavy atom. The first-order valence-corrected chi connectivity index (χ1v) is 19.8. The molecule has 10 rings (SSSR count). The average Bonchev–Trinajstić information content (AvgIpc) is 3.55. The molecular formula is C43H48N6O7. The minimum atomic E-state index is -1.04. The summed E-state index contributed by atoms with van der Waals surface area (Å²) in [6, 6.07) is 5.03. The van der Waals surface area contributed by atoms with E-state index < -0.39 is 23.3 Å². The van der Waals surface area contributed by atoms with Crippen LogP contribution in [0.2, 0.25) is 0 Å². The molecule has 56 heavy (non-hydrogen) atoms. The summed E-state index contributed by atoms with van der Waals surface area (Å²) in [6.45, 7) is 6.19. The molecule has 8 N–H and O–H groups in total. The van der Waals surface area contributed by atoms with Crippen molar-refractivity contribution in [3.63, 3.8) is 0 Å². The van der Waals surface area contributed by atoms with Gasteiger partial charge in [-0.2, -0.15) is 0 Å². The maximum absolute atomic E-state index is 14.1. The summed E-state index contributed by atoms with van der Waals surface area (Å²) in [5.74, 6) is 1.24. The number of aryl methyl sites for hydroxylation is 1. The van der Waals surface area contributed by atoms with E-state index in [4.69, 9.17) is 30.1 Å². The summed E-state index contributed by atoms with van der Waals surface area (Å²) in [5, 5.41) is 19.9. The predicted molar refractivity (Wildman–Crippen MR) is 209 cm³/mol. The molecule has 13 heteroatoms. The minimum absolute atomic E-state index is 0.00640. The fourth-order valence-electron chi connectivity index (χ4n) is 10.3. The van der Waals surface area contributed by atoms with Crippen LogP contribution in [0.15, 0.2) is 92.1 Å². The number of nitrogens with zero attached hydrogens (tertiary/aromatic N) is 1. The number of esters is 1. The van der Waals surface area contributed by atoms with Gasteiger partial charge in [-0.25, -0.2) is 4.79 Å². The molecule has 0 bridgehead atoms. The third-order valence-electron chi connectivity index (χ3n) is 12.8. The van der Waals surface area contributed by atoms with E-state index in [2.05, 4.69) is 44.7 Å². The van der Waals surface area contributed by atoms with Gasteiger partial charge in [0.25, 0.3) is 0 Å². The van der Waals surface area contributed by atoms with Crippen molar-refractivity contribution in [2.24, 2.45) is 11.5 Å². The second-order valence-electron chi connectivity index (χ2n) is 16.9. The zero-order valence-electron chi connectivity index (χ0n) is 31.9. The van der Waals surface area contributed by atoms with Crippen LogP contribution >= 0.6 is 0 Å². The van der Waals surface area contributed by atoms with E-state index in [-0.39, 0.29) is 46.3 Å². The number of epoxide rings is 1. The molecule has 0 radical (unpaired) electrons. The fourth-order valence-corrected chi connectivity index (χ4v) is 10.3. The third kappa shape index (κ3) is 5.53. The van der Waals surface area contributed by atoms with Gasteiger partial charge in [0, 0.05) is 54.1 Å². The van der Waals surface area contributed by atoms with Crippen LogP contribution in [0.25, 0.3) is 21.9 Å². The van der Waals surface area contributed by atoms with Crippen molar-refractivity contribution in [1.29, 1.82) is 0 Å². The number of fused-ring (bicyclic) bond motifs is 8. The van der Waals surface area contributed by atoms with E-state index in [0.717, 1.165) is 42.7 Å². The van der Waals surface area contributed by atoms with Gasteiger partial charge in [-0.05, 0) is 107 Å². The maximum Gasteiger partial charge on any atom is 0.341 e. The quantitative estimate of drug-likeness (QED) is 0.113. The van der Waals surface area contributed by atoms with Crippen LogP contribution in [0.3, 0.4) is 0 Å². The SMILES string of the molecule is Cc1cc(=O)c2c(O)c3c(cc2o1)OC(C)(C)[C@@H]1OC(=O)[C@@]2(CCC[C@@H]31)O[C@@H]2CCC1=C2CCCC3=C(N)NC(Cn4cc5cc[nH]c5c4)C=C3C2NC(N)=C1. The number of H-pyrrole nitrogens is 1. The number of aromatic amines is 1. The van der Waals surface area contributed by atoms with E-state index in [1.807, 2.05) is 26.1 Å². The largest absolute Gasteiger partial charge is 0.507 e. The van der Waals surface area contributed by atoms with E-state index in [9.17, 15) is 14.7 Å². The number of allylic oxidation sites excluding steroid dienone is 2. The number of aromatic hydroxyl groups is 1. The van der Waals surface area contributed by atoms with Crippen molar-refractivity contribution in [2.75, 3.05) is 0 Å². The molecule has 3 aromatic heterocycles. The maximum atomic E-state index is 14.1. The number of carbonyl (C=O) groups excluding carboxylic acids is 1. The number of ether oxygens (including phenoxy) is 3. The van der Waals surface area contributed by atoms with Gasteiger partial charge in [0.2, 0.25) is 0 Å². The predicted octanol–water partition coefficient (Wildman–Crippen LogP) is 5.38. The number of phenolic OH excluding ortho intramolecular Hbond substituents is 1. The summed E-state index contributed by atoms with van der Waals surface area (Å²) in [6.07, 6.45) is 15.4. The van der Waals surface area contributed by atoms with Crippen LogP contribution in [-0.4, -0.2) is 56.1 Å². The Hall–Kier alpha value is -5.56. The lowest BCUT2D eigenvalue weighted by Crippen LogP contribution is -2.53. The summed E-state index contributed by atoms with van der Waals surface area (Å²) >= 11 is 0. The van der Waals surface area contributed by atoms with Crippen molar-refractivity contribution in [3.05, 3.63) is 104 Å². The highest BCUT2D eigenvalue weighted by Gasteiger charge is 2.65. The number of dihydropyridines is 2. The van der Waals surface area contributed by atoms with Crippen LogP contribution in [0.5, 0.6) is 11.5 Å². The normalized spacial score (nSPS) is 29.3. The number of phenols is 1. The van der Waals surface area contributed by atoms with Crippen molar-refractivity contribution < 1.29 is 28.5 Å². The van der Waals surface area contributed by atoms with Gasteiger partial charge in [-0.1, -0.05) is 6.08 Å². The zero-order chi connectivity index (χ0) is 38.7. The summed E-state index contributed by atoms with van der Waals surface area (Å²) in [5.41, 5.74) is 17.6. The first-order chi connectivity index (χ1) is 26.9. The summed E-state index contributed by atoms with van der Waals surface area (Å²) in [4.78, 5) is 30.4. The molecular weight excluding hydrogens is 713 g/mol. The highest BCUT2D eigenvalue weighted by molar-refractivity contribution is 5.88. The molecule has 3 fully saturated rings. The first-order valence-electron chi connectivity index (χ1n) is 19.8. The Labute approximate surface area is 323 Å². The van der Waals surface area contributed by atoms with Crippen LogP contribution < -0.4 is 32.3 Å². The van der Waals surface area contributed by atoms with Gasteiger partial charge in [-0.15, -0.1) is 0 Å². The molecule has 1 spiro atoms. The van der Waals surface area contributed by atoms with Gasteiger partial charge in [0.1, 0.15) is 45.8 Å². The molecule has 292 valence electrons. The molecule has 2 saturated heterocycles. The van der Waals surface area contributed by atoms with E-state index >= 15 is 0 Å². The summed E-state index contributed by atoms with van der Waals surface area (Å²) < 4.78 is 27.1. The number of rotatable bonds is 5. The Bertz CT molecular complexity index is 2490. The fraction of sp³-hybridized carbons (Fsp3) is 0.442.